The van der Waals surface area contributed by atoms with E-state index in [0.29, 0.717) is 6.04 Å². The molecule has 15 heavy (non-hydrogen) atoms. The minimum Gasteiger partial charge on any atom is -0.328 e. The van der Waals surface area contributed by atoms with Crippen LogP contribution in [-0.2, 0) is 0 Å². The average Bonchev–Trinajstić information content (AvgIpc) is 2.96. The van der Waals surface area contributed by atoms with Gasteiger partial charge in [0.1, 0.15) is 0 Å². The van der Waals surface area contributed by atoms with Crippen molar-refractivity contribution in [2.24, 2.45) is 17.6 Å². The summed E-state index contributed by atoms with van der Waals surface area (Å²) in [6.45, 7) is 0. The van der Waals surface area contributed by atoms with Crippen LogP contribution >= 0.6 is 0 Å². The Bertz CT molecular complexity index is 326. The van der Waals surface area contributed by atoms with Crippen LogP contribution in [0.1, 0.15) is 37.2 Å². The van der Waals surface area contributed by atoms with Gasteiger partial charge >= 0.3 is 0 Å². The topological polar surface area (TPSA) is 26.0 Å². The number of rotatable bonds is 3. The van der Waals surface area contributed by atoms with E-state index in [4.69, 9.17) is 5.73 Å². The van der Waals surface area contributed by atoms with E-state index in [1.807, 2.05) is 0 Å². The van der Waals surface area contributed by atoms with E-state index in [2.05, 4.69) is 30.3 Å². The standard InChI is InChI=1S/C14H19N/c15-13-7-10(8-13)6-12-9-14(12)11-4-2-1-3-5-11/h1-5,10,12-14H,6-9,15H2/t10-,12-,13-,14+/m0/s1. The highest BCUT2D eigenvalue weighted by Gasteiger charge is 2.41. The lowest BCUT2D eigenvalue weighted by Crippen LogP contribution is -2.36. The number of hydrogen-bond donors (Lipinski definition) is 1. The summed E-state index contributed by atoms with van der Waals surface area (Å²) in [6.07, 6.45) is 5.39. The molecule has 1 aromatic rings. The SMILES string of the molecule is N[C@H]1C[C@H](C[C@H]2C[C@@H]2c2ccccc2)C1. The van der Waals surface area contributed by atoms with Gasteiger partial charge in [-0.3, -0.25) is 0 Å². The van der Waals surface area contributed by atoms with Gasteiger partial charge in [-0.1, -0.05) is 30.3 Å². The van der Waals surface area contributed by atoms with E-state index in [9.17, 15) is 0 Å². The van der Waals surface area contributed by atoms with E-state index < -0.39 is 0 Å². The highest BCUT2D eigenvalue weighted by molar-refractivity contribution is 5.25. The first kappa shape index (κ1) is 9.41. The Morgan fingerprint density at radius 1 is 1.07 bits per heavy atom. The molecule has 0 bridgehead atoms. The molecule has 2 aliphatic carbocycles. The van der Waals surface area contributed by atoms with Gasteiger partial charge < -0.3 is 5.73 Å². The van der Waals surface area contributed by atoms with Crippen LogP contribution in [-0.4, -0.2) is 6.04 Å². The Labute approximate surface area is 91.7 Å². The number of nitrogens with two attached hydrogens (primary N) is 1. The molecule has 3 rings (SSSR count). The highest BCUT2D eigenvalue weighted by Crippen LogP contribution is 2.52. The minimum atomic E-state index is 0.518. The molecule has 0 aromatic heterocycles. The molecule has 0 unspecified atom stereocenters. The Kier molecular flexibility index (Phi) is 2.28. The Morgan fingerprint density at radius 3 is 2.47 bits per heavy atom. The Morgan fingerprint density at radius 2 is 1.80 bits per heavy atom. The molecule has 2 N–H and O–H groups in total. The van der Waals surface area contributed by atoms with Crippen molar-refractivity contribution in [3.63, 3.8) is 0 Å². The lowest BCUT2D eigenvalue weighted by Gasteiger charge is -2.32. The van der Waals surface area contributed by atoms with E-state index in [1.165, 1.54) is 25.7 Å². The monoisotopic (exact) mass is 201 g/mol. The molecule has 1 heteroatoms. The Hall–Kier alpha value is -0.820. The first-order valence-corrected chi connectivity index (χ1v) is 6.13. The molecule has 0 radical (unpaired) electrons. The van der Waals surface area contributed by atoms with Crippen LogP contribution in [0.3, 0.4) is 0 Å². The van der Waals surface area contributed by atoms with Gasteiger partial charge in [-0.2, -0.15) is 0 Å². The van der Waals surface area contributed by atoms with Crippen molar-refractivity contribution in [3.8, 4) is 0 Å². The highest BCUT2D eigenvalue weighted by atomic mass is 14.7. The lowest BCUT2D eigenvalue weighted by atomic mass is 9.77. The van der Waals surface area contributed by atoms with Crippen LogP contribution in [0, 0.1) is 11.8 Å². The summed E-state index contributed by atoms with van der Waals surface area (Å²) in [6, 6.07) is 11.5. The van der Waals surface area contributed by atoms with Crippen LogP contribution in [0.15, 0.2) is 30.3 Å². The van der Waals surface area contributed by atoms with Gasteiger partial charge in [0.05, 0.1) is 0 Å². The first-order chi connectivity index (χ1) is 7.33. The normalized spacial score (nSPS) is 38.5. The Balaban J connectivity index is 1.52. The fourth-order valence-electron chi connectivity index (χ4n) is 3.02. The van der Waals surface area contributed by atoms with Gasteiger partial charge in [-0.15, -0.1) is 0 Å². The molecular formula is C14H19N. The largest absolute Gasteiger partial charge is 0.328 e. The summed E-state index contributed by atoms with van der Waals surface area (Å²) in [4.78, 5) is 0. The maximum absolute atomic E-state index is 5.81. The van der Waals surface area contributed by atoms with Crippen LogP contribution < -0.4 is 5.73 Å². The third-order valence-corrected chi connectivity index (χ3v) is 4.06. The van der Waals surface area contributed by atoms with E-state index in [0.717, 1.165) is 17.8 Å². The second kappa shape index (κ2) is 3.64. The summed E-state index contributed by atoms with van der Waals surface area (Å²) in [5.41, 5.74) is 7.36. The third kappa shape index (κ3) is 1.93. The summed E-state index contributed by atoms with van der Waals surface area (Å²) in [5.74, 6) is 2.77. The van der Waals surface area contributed by atoms with E-state index in [-0.39, 0.29) is 0 Å². The van der Waals surface area contributed by atoms with Crippen molar-refractivity contribution in [1.82, 2.24) is 0 Å². The van der Waals surface area contributed by atoms with Crippen LogP contribution in [0.2, 0.25) is 0 Å². The fraction of sp³-hybridized carbons (Fsp3) is 0.571. The molecule has 0 spiro atoms. The first-order valence-electron chi connectivity index (χ1n) is 6.13. The van der Waals surface area contributed by atoms with Crippen molar-refractivity contribution in [1.29, 1.82) is 0 Å². The zero-order valence-corrected chi connectivity index (χ0v) is 9.10. The van der Waals surface area contributed by atoms with Crippen LogP contribution in [0.25, 0.3) is 0 Å². The summed E-state index contributed by atoms with van der Waals surface area (Å²) in [7, 11) is 0. The zero-order chi connectivity index (χ0) is 10.3. The van der Waals surface area contributed by atoms with Gasteiger partial charge in [0, 0.05) is 6.04 Å². The average molecular weight is 201 g/mol. The minimum absolute atomic E-state index is 0.518. The number of benzene rings is 1. The van der Waals surface area contributed by atoms with Gasteiger partial charge in [-0.25, -0.2) is 0 Å². The van der Waals surface area contributed by atoms with Crippen molar-refractivity contribution >= 4 is 0 Å². The molecule has 1 nitrogen and oxygen atoms in total. The van der Waals surface area contributed by atoms with Crippen LogP contribution in [0.5, 0.6) is 0 Å². The van der Waals surface area contributed by atoms with Crippen molar-refractivity contribution < 1.29 is 0 Å². The lowest BCUT2D eigenvalue weighted by molar-refractivity contribution is 0.238. The zero-order valence-electron chi connectivity index (χ0n) is 9.10. The van der Waals surface area contributed by atoms with Gasteiger partial charge in [-0.05, 0) is 49.0 Å². The van der Waals surface area contributed by atoms with E-state index >= 15 is 0 Å². The van der Waals surface area contributed by atoms with Crippen molar-refractivity contribution in [3.05, 3.63) is 35.9 Å². The second-order valence-corrected chi connectivity index (χ2v) is 5.35. The maximum atomic E-state index is 5.81. The molecule has 1 aromatic carbocycles. The van der Waals surface area contributed by atoms with E-state index in [1.54, 1.807) is 5.56 Å². The molecule has 80 valence electrons. The van der Waals surface area contributed by atoms with Gasteiger partial charge in [0.15, 0.2) is 0 Å². The second-order valence-electron chi connectivity index (χ2n) is 5.35. The van der Waals surface area contributed by atoms with Gasteiger partial charge in [0.25, 0.3) is 0 Å². The molecular weight excluding hydrogens is 182 g/mol. The number of hydrogen-bond acceptors (Lipinski definition) is 1. The molecule has 2 atom stereocenters. The molecule has 2 fully saturated rings. The smallest absolute Gasteiger partial charge is 0.00441 e. The predicted molar refractivity (Wildman–Crippen MR) is 62.6 cm³/mol. The van der Waals surface area contributed by atoms with Crippen molar-refractivity contribution in [2.75, 3.05) is 0 Å². The molecule has 0 aliphatic heterocycles. The quantitative estimate of drug-likeness (QED) is 0.799. The fourth-order valence-corrected chi connectivity index (χ4v) is 3.02. The maximum Gasteiger partial charge on any atom is 0.00441 e. The molecule has 2 aliphatic rings. The molecule has 0 amide bonds. The summed E-state index contributed by atoms with van der Waals surface area (Å²) in [5, 5.41) is 0. The van der Waals surface area contributed by atoms with Gasteiger partial charge in [0.2, 0.25) is 0 Å². The predicted octanol–water partition coefficient (Wildman–Crippen LogP) is 2.92. The third-order valence-electron chi connectivity index (χ3n) is 4.06. The molecule has 0 saturated heterocycles. The molecule has 0 heterocycles. The summed E-state index contributed by atoms with van der Waals surface area (Å²) < 4.78 is 0. The van der Waals surface area contributed by atoms with Crippen molar-refractivity contribution in [2.45, 2.75) is 37.6 Å². The molecule has 2 saturated carbocycles. The summed E-state index contributed by atoms with van der Waals surface area (Å²) >= 11 is 0. The van der Waals surface area contributed by atoms with Crippen LogP contribution in [0.4, 0.5) is 0 Å².